The topological polar surface area (TPSA) is 12.0 Å². The highest BCUT2D eigenvalue weighted by Gasteiger charge is 2.15. The van der Waals surface area contributed by atoms with Gasteiger partial charge in [-0.05, 0) is 49.4 Å². The summed E-state index contributed by atoms with van der Waals surface area (Å²) in [6.07, 6.45) is 2.58. The number of benzene rings is 1. The van der Waals surface area contributed by atoms with Crippen molar-refractivity contribution in [3.8, 4) is 0 Å². The van der Waals surface area contributed by atoms with Crippen molar-refractivity contribution in [2.45, 2.75) is 25.7 Å². The Morgan fingerprint density at radius 3 is 2.93 bits per heavy atom. The molecule has 0 spiro atoms. The summed E-state index contributed by atoms with van der Waals surface area (Å²) in [6, 6.07) is 6.40. The summed E-state index contributed by atoms with van der Waals surface area (Å²) < 4.78 is 0. The third kappa shape index (κ3) is 2.10. The van der Waals surface area contributed by atoms with Crippen LogP contribution in [0.1, 0.15) is 29.9 Å². The minimum atomic E-state index is 0.680. The summed E-state index contributed by atoms with van der Waals surface area (Å²) in [6.45, 7) is 4.35. The van der Waals surface area contributed by atoms with E-state index in [1.54, 1.807) is 0 Å². The summed E-state index contributed by atoms with van der Waals surface area (Å²) in [5, 5.41) is 4.31. The fourth-order valence-electron chi connectivity index (χ4n) is 2.06. The van der Waals surface area contributed by atoms with Gasteiger partial charge >= 0.3 is 0 Å². The normalized spacial score (nSPS) is 22.3. The van der Waals surface area contributed by atoms with E-state index in [0.29, 0.717) is 5.92 Å². The molecule has 1 nitrogen and oxygen atoms in total. The van der Waals surface area contributed by atoms with Crippen LogP contribution in [0.2, 0.25) is 5.02 Å². The fraction of sp³-hybridized carbons (Fsp3) is 0.500. The van der Waals surface area contributed by atoms with Crippen molar-refractivity contribution in [3.05, 3.63) is 34.3 Å². The van der Waals surface area contributed by atoms with E-state index >= 15 is 0 Å². The lowest BCUT2D eigenvalue weighted by Crippen LogP contribution is -2.28. The molecule has 76 valence electrons. The van der Waals surface area contributed by atoms with E-state index in [0.717, 1.165) is 11.6 Å². The first-order chi connectivity index (χ1) is 6.77. The largest absolute Gasteiger partial charge is 0.316 e. The molecule has 2 heteroatoms. The first-order valence-electron chi connectivity index (χ1n) is 5.24. The third-order valence-corrected chi connectivity index (χ3v) is 3.37. The fourth-order valence-corrected chi connectivity index (χ4v) is 2.18. The molecule has 0 saturated carbocycles. The van der Waals surface area contributed by atoms with Crippen molar-refractivity contribution < 1.29 is 0 Å². The lowest BCUT2D eigenvalue weighted by Gasteiger charge is -2.23. The molecule has 1 fully saturated rings. The summed E-state index contributed by atoms with van der Waals surface area (Å²) in [7, 11) is 0. The number of hydrogen-bond donors (Lipinski definition) is 1. The number of hydrogen-bond acceptors (Lipinski definition) is 1. The molecule has 0 bridgehead atoms. The number of piperidine rings is 1. The van der Waals surface area contributed by atoms with Crippen LogP contribution < -0.4 is 5.32 Å². The van der Waals surface area contributed by atoms with E-state index in [4.69, 9.17) is 11.6 Å². The molecular formula is C12H16ClN. The molecule has 1 unspecified atom stereocenters. The van der Waals surface area contributed by atoms with Crippen molar-refractivity contribution in [2.24, 2.45) is 0 Å². The zero-order chi connectivity index (χ0) is 9.97. The maximum absolute atomic E-state index is 6.00. The molecule has 1 N–H and O–H groups in total. The molecule has 1 atom stereocenters. The van der Waals surface area contributed by atoms with E-state index in [9.17, 15) is 0 Å². The number of rotatable bonds is 1. The monoisotopic (exact) mass is 209 g/mol. The van der Waals surface area contributed by atoms with Crippen LogP contribution in [0.3, 0.4) is 0 Å². The second-order valence-corrected chi connectivity index (χ2v) is 4.46. The SMILES string of the molecule is Cc1cc(C2CCCNC2)ccc1Cl. The van der Waals surface area contributed by atoms with Crippen LogP contribution >= 0.6 is 11.6 Å². The van der Waals surface area contributed by atoms with Gasteiger partial charge in [-0.2, -0.15) is 0 Å². The predicted octanol–water partition coefficient (Wildman–Crippen LogP) is 3.12. The maximum atomic E-state index is 6.00. The van der Waals surface area contributed by atoms with Gasteiger partial charge in [-0.15, -0.1) is 0 Å². The van der Waals surface area contributed by atoms with Gasteiger partial charge in [0.25, 0.3) is 0 Å². The van der Waals surface area contributed by atoms with Gasteiger partial charge in [0.2, 0.25) is 0 Å². The van der Waals surface area contributed by atoms with Crippen LogP contribution in [0.25, 0.3) is 0 Å². The Balaban J connectivity index is 2.18. The minimum Gasteiger partial charge on any atom is -0.316 e. The Kier molecular flexibility index (Phi) is 3.09. The van der Waals surface area contributed by atoms with Crippen molar-refractivity contribution in [3.63, 3.8) is 0 Å². The van der Waals surface area contributed by atoms with Crippen LogP contribution in [-0.2, 0) is 0 Å². The van der Waals surface area contributed by atoms with Gasteiger partial charge in [0.15, 0.2) is 0 Å². The highest BCUT2D eigenvalue weighted by atomic mass is 35.5. The molecule has 2 rings (SSSR count). The zero-order valence-electron chi connectivity index (χ0n) is 8.52. The molecule has 14 heavy (non-hydrogen) atoms. The van der Waals surface area contributed by atoms with Gasteiger partial charge in [0.1, 0.15) is 0 Å². The summed E-state index contributed by atoms with van der Waals surface area (Å²) in [5.74, 6) is 0.680. The van der Waals surface area contributed by atoms with Crippen molar-refractivity contribution in [1.29, 1.82) is 0 Å². The van der Waals surface area contributed by atoms with Gasteiger partial charge in [-0.3, -0.25) is 0 Å². The Labute approximate surface area is 90.5 Å². The van der Waals surface area contributed by atoms with E-state index in [1.165, 1.54) is 30.5 Å². The molecule has 1 aliphatic heterocycles. The second kappa shape index (κ2) is 4.33. The smallest absolute Gasteiger partial charge is 0.0435 e. The van der Waals surface area contributed by atoms with Gasteiger partial charge < -0.3 is 5.32 Å². The first kappa shape index (κ1) is 10.0. The maximum Gasteiger partial charge on any atom is 0.0435 e. The lowest BCUT2D eigenvalue weighted by atomic mass is 9.91. The van der Waals surface area contributed by atoms with Crippen molar-refractivity contribution in [1.82, 2.24) is 5.32 Å². The number of aryl methyl sites for hydroxylation is 1. The van der Waals surface area contributed by atoms with Crippen molar-refractivity contribution in [2.75, 3.05) is 13.1 Å². The molecule has 1 saturated heterocycles. The van der Waals surface area contributed by atoms with E-state index in [2.05, 4.69) is 24.4 Å². The zero-order valence-corrected chi connectivity index (χ0v) is 9.27. The molecule has 0 aliphatic carbocycles. The Morgan fingerprint density at radius 1 is 1.43 bits per heavy atom. The lowest BCUT2D eigenvalue weighted by molar-refractivity contribution is 0.461. The average molecular weight is 210 g/mol. The molecule has 0 radical (unpaired) electrons. The van der Waals surface area contributed by atoms with E-state index in [1.807, 2.05) is 6.07 Å². The molecular weight excluding hydrogens is 194 g/mol. The van der Waals surface area contributed by atoms with Gasteiger partial charge in [-0.1, -0.05) is 23.7 Å². The van der Waals surface area contributed by atoms with Gasteiger partial charge in [0.05, 0.1) is 0 Å². The summed E-state index contributed by atoms with van der Waals surface area (Å²) in [4.78, 5) is 0. The van der Waals surface area contributed by atoms with E-state index < -0.39 is 0 Å². The molecule has 1 aromatic rings. The second-order valence-electron chi connectivity index (χ2n) is 4.05. The van der Waals surface area contributed by atoms with Crippen LogP contribution in [0, 0.1) is 6.92 Å². The van der Waals surface area contributed by atoms with Crippen molar-refractivity contribution >= 4 is 11.6 Å². The summed E-state index contributed by atoms with van der Waals surface area (Å²) in [5.41, 5.74) is 2.62. The number of nitrogens with one attached hydrogen (secondary N) is 1. The summed E-state index contributed by atoms with van der Waals surface area (Å²) >= 11 is 6.00. The highest BCUT2D eigenvalue weighted by Crippen LogP contribution is 2.26. The van der Waals surface area contributed by atoms with Crippen LogP contribution in [0.4, 0.5) is 0 Å². The highest BCUT2D eigenvalue weighted by molar-refractivity contribution is 6.31. The van der Waals surface area contributed by atoms with Crippen LogP contribution in [0.5, 0.6) is 0 Å². The molecule has 1 aliphatic rings. The average Bonchev–Trinajstić information content (AvgIpc) is 2.23. The van der Waals surface area contributed by atoms with Crippen LogP contribution in [-0.4, -0.2) is 13.1 Å². The quantitative estimate of drug-likeness (QED) is 0.750. The molecule has 1 heterocycles. The minimum absolute atomic E-state index is 0.680. The standard InChI is InChI=1S/C12H16ClN/c1-9-7-10(4-5-12(9)13)11-3-2-6-14-8-11/h4-5,7,11,14H,2-3,6,8H2,1H3. The van der Waals surface area contributed by atoms with Gasteiger partial charge in [0, 0.05) is 11.6 Å². The Morgan fingerprint density at radius 2 is 2.29 bits per heavy atom. The predicted molar refractivity (Wildman–Crippen MR) is 61.0 cm³/mol. The Bertz CT molecular complexity index is 316. The third-order valence-electron chi connectivity index (χ3n) is 2.95. The molecule has 0 amide bonds. The number of halogens is 1. The van der Waals surface area contributed by atoms with Gasteiger partial charge in [-0.25, -0.2) is 0 Å². The first-order valence-corrected chi connectivity index (χ1v) is 5.62. The molecule has 0 aromatic heterocycles. The van der Waals surface area contributed by atoms with E-state index in [-0.39, 0.29) is 0 Å². The Hall–Kier alpha value is -0.530. The molecule has 1 aromatic carbocycles. The van der Waals surface area contributed by atoms with Crippen LogP contribution in [0.15, 0.2) is 18.2 Å².